The minimum atomic E-state index is -0.605. The van der Waals surface area contributed by atoms with Crippen molar-refractivity contribution in [3.8, 4) is 0 Å². The van der Waals surface area contributed by atoms with Crippen LogP contribution in [0.2, 0.25) is 0 Å². The molecule has 2 aromatic heterocycles. The van der Waals surface area contributed by atoms with Gasteiger partial charge in [0, 0.05) is 5.56 Å². The van der Waals surface area contributed by atoms with Crippen molar-refractivity contribution in [3.63, 3.8) is 0 Å². The molecule has 1 unspecified atom stereocenters. The molecule has 1 atom stereocenters. The van der Waals surface area contributed by atoms with Crippen molar-refractivity contribution in [2.75, 3.05) is 0 Å². The minimum absolute atomic E-state index is 0.605. The molecule has 1 N–H and O–H groups in total. The summed E-state index contributed by atoms with van der Waals surface area (Å²) in [5.74, 6) is 0. The molecule has 0 amide bonds. The Morgan fingerprint density at radius 3 is 3.00 bits per heavy atom. The molecule has 2 aromatic rings. The van der Waals surface area contributed by atoms with Crippen LogP contribution in [0.1, 0.15) is 22.2 Å². The third-order valence-electron chi connectivity index (χ3n) is 1.89. The summed E-state index contributed by atoms with van der Waals surface area (Å²) in [5.41, 5.74) is 3.37. The Balaban J connectivity index is 2.33. The van der Waals surface area contributed by atoms with E-state index in [9.17, 15) is 5.11 Å². The molecule has 13 heavy (non-hydrogen) atoms. The molecule has 0 bridgehead atoms. The molecule has 68 valence electrons. The van der Waals surface area contributed by atoms with E-state index in [-0.39, 0.29) is 0 Å². The van der Waals surface area contributed by atoms with Crippen molar-refractivity contribution in [2.24, 2.45) is 0 Å². The molecular weight excluding hydrogens is 186 g/mol. The summed E-state index contributed by atoms with van der Waals surface area (Å²) >= 11 is 1.45. The lowest BCUT2D eigenvalue weighted by atomic mass is 10.1. The topological polar surface area (TPSA) is 46.3 Å². The Morgan fingerprint density at radius 2 is 2.46 bits per heavy atom. The highest BCUT2D eigenvalue weighted by Crippen LogP contribution is 2.27. The predicted octanol–water partition coefficient (Wildman–Crippen LogP) is 2.13. The van der Waals surface area contributed by atoms with E-state index >= 15 is 0 Å². The van der Waals surface area contributed by atoms with Gasteiger partial charge in [0.25, 0.3) is 0 Å². The molecule has 0 saturated carbocycles. The number of aryl methyl sites for hydroxylation is 1. The maximum atomic E-state index is 9.86. The van der Waals surface area contributed by atoms with Crippen molar-refractivity contribution in [3.05, 3.63) is 40.2 Å². The molecule has 3 nitrogen and oxygen atoms in total. The number of aliphatic hydroxyl groups excluding tert-OH is 1. The number of rotatable bonds is 2. The highest BCUT2D eigenvalue weighted by atomic mass is 32.1. The number of thiazole rings is 1. The first-order valence-corrected chi connectivity index (χ1v) is 4.77. The lowest BCUT2D eigenvalue weighted by Gasteiger charge is -2.05. The second-order valence-corrected chi connectivity index (χ2v) is 3.65. The average molecular weight is 195 g/mol. The quantitative estimate of drug-likeness (QED) is 0.798. The van der Waals surface area contributed by atoms with Gasteiger partial charge in [0.2, 0.25) is 0 Å². The van der Waals surface area contributed by atoms with Gasteiger partial charge in [-0.2, -0.15) is 0 Å². The van der Waals surface area contributed by atoms with Gasteiger partial charge in [-0.1, -0.05) is 0 Å². The summed E-state index contributed by atoms with van der Waals surface area (Å²) in [6.45, 7) is 1.88. The number of furan rings is 1. The molecule has 0 saturated heterocycles. The number of hydrogen-bond donors (Lipinski definition) is 1. The molecule has 4 heteroatoms. The molecule has 0 spiro atoms. The first kappa shape index (κ1) is 8.47. The van der Waals surface area contributed by atoms with E-state index in [4.69, 9.17) is 4.42 Å². The van der Waals surface area contributed by atoms with Crippen molar-refractivity contribution >= 4 is 11.3 Å². The summed E-state index contributed by atoms with van der Waals surface area (Å²) in [4.78, 5) is 4.95. The van der Waals surface area contributed by atoms with Crippen molar-refractivity contribution in [1.29, 1.82) is 0 Å². The van der Waals surface area contributed by atoms with E-state index in [1.807, 2.05) is 6.92 Å². The maximum Gasteiger partial charge on any atom is 0.118 e. The van der Waals surface area contributed by atoms with E-state index in [0.29, 0.717) is 0 Å². The van der Waals surface area contributed by atoms with Crippen LogP contribution in [-0.4, -0.2) is 10.1 Å². The summed E-state index contributed by atoms with van der Waals surface area (Å²) in [6, 6.07) is 1.75. The summed E-state index contributed by atoms with van der Waals surface area (Å²) < 4.78 is 4.90. The fourth-order valence-corrected chi connectivity index (χ4v) is 1.97. The van der Waals surface area contributed by atoms with Crippen LogP contribution in [0.3, 0.4) is 0 Å². The molecule has 0 aromatic carbocycles. The normalized spacial score (nSPS) is 13.1. The van der Waals surface area contributed by atoms with Crippen LogP contribution in [0.5, 0.6) is 0 Å². The Hall–Kier alpha value is -1.13. The van der Waals surface area contributed by atoms with Gasteiger partial charge in [0.1, 0.15) is 6.10 Å². The smallest absolute Gasteiger partial charge is 0.118 e. The summed E-state index contributed by atoms with van der Waals surface area (Å²) in [5, 5.41) is 9.86. The van der Waals surface area contributed by atoms with Crippen LogP contribution in [0, 0.1) is 6.92 Å². The van der Waals surface area contributed by atoms with Crippen LogP contribution >= 0.6 is 11.3 Å². The minimum Gasteiger partial charge on any atom is -0.472 e. The van der Waals surface area contributed by atoms with Gasteiger partial charge in [-0.25, -0.2) is 4.98 Å². The van der Waals surface area contributed by atoms with Gasteiger partial charge >= 0.3 is 0 Å². The fraction of sp³-hybridized carbons (Fsp3) is 0.222. The highest BCUT2D eigenvalue weighted by molar-refractivity contribution is 7.09. The van der Waals surface area contributed by atoms with E-state index in [1.165, 1.54) is 11.3 Å². The molecular formula is C9H9NO2S. The van der Waals surface area contributed by atoms with Gasteiger partial charge in [-0.3, -0.25) is 0 Å². The van der Waals surface area contributed by atoms with Gasteiger partial charge in [0.05, 0.1) is 28.6 Å². The zero-order valence-corrected chi connectivity index (χ0v) is 7.91. The number of hydrogen-bond acceptors (Lipinski definition) is 4. The molecule has 0 fully saturated rings. The molecule has 0 aliphatic rings. The van der Waals surface area contributed by atoms with Gasteiger partial charge in [-0.15, -0.1) is 11.3 Å². The van der Waals surface area contributed by atoms with Crippen molar-refractivity contribution in [2.45, 2.75) is 13.0 Å². The Kier molecular flexibility index (Phi) is 2.16. The Bertz CT molecular complexity index is 380. The molecule has 0 aliphatic carbocycles. The number of aliphatic hydroxyl groups is 1. The predicted molar refractivity (Wildman–Crippen MR) is 49.6 cm³/mol. The van der Waals surface area contributed by atoms with Crippen molar-refractivity contribution in [1.82, 2.24) is 4.98 Å². The highest BCUT2D eigenvalue weighted by Gasteiger charge is 2.15. The maximum absolute atomic E-state index is 9.86. The number of aromatic nitrogens is 1. The van der Waals surface area contributed by atoms with E-state index in [0.717, 1.165) is 16.1 Å². The van der Waals surface area contributed by atoms with Crippen LogP contribution in [0.25, 0.3) is 0 Å². The van der Waals surface area contributed by atoms with E-state index in [1.54, 1.807) is 24.1 Å². The van der Waals surface area contributed by atoms with E-state index < -0.39 is 6.10 Å². The van der Waals surface area contributed by atoms with Crippen LogP contribution in [0.4, 0.5) is 0 Å². The monoisotopic (exact) mass is 195 g/mol. The molecule has 2 heterocycles. The second-order valence-electron chi connectivity index (χ2n) is 2.76. The largest absolute Gasteiger partial charge is 0.472 e. The van der Waals surface area contributed by atoms with Crippen molar-refractivity contribution < 1.29 is 9.52 Å². The average Bonchev–Trinajstić information content (AvgIpc) is 2.72. The third kappa shape index (κ3) is 1.50. The zero-order chi connectivity index (χ0) is 9.26. The third-order valence-corrected chi connectivity index (χ3v) is 2.87. The summed E-state index contributed by atoms with van der Waals surface area (Å²) in [6.07, 6.45) is 2.49. The van der Waals surface area contributed by atoms with Gasteiger partial charge in [0.15, 0.2) is 0 Å². The lowest BCUT2D eigenvalue weighted by Crippen LogP contribution is -1.96. The second kappa shape index (κ2) is 3.32. The first-order chi connectivity index (χ1) is 6.29. The van der Waals surface area contributed by atoms with Gasteiger partial charge in [-0.05, 0) is 13.0 Å². The molecule has 0 aliphatic heterocycles. The Morgan fingerprint density at radius 1 is 1.62 bits per heavy atom. The van der Waals surface area contributed by atoms with Crippen LogP contribution in [-0.2, 0) is 0 Å². The first-order valence-electron chi connectivity index (χ1n) is 3.89. The Labute approximate surface area is 79.7 Å². The lowest BCUT2D eigenvalue weighted by molar-refractivity contribution is 0.222. The summed E-state index contributed by atoms with van der Waals surface area (Å²) in [7, 11) is 0. The molecule has 2 rings (SSSR count). The number of nitrogens with zero attached hydrogens (tertiary/aromatic N) is 1. The zero-order valence-electron chi connectivity index (χ0n) is 7.10. The SMILES string of the molecule is Cc1ncsc1C(O)c1ccoc1. The molecule has 0 radical (unpaired) electrons. The van der Waals surface area contributed by atoms with Gasteiger partial charge < -0.3 is 9.52 Å². The van der Waals surface area contributed by atoms with Crippen LogP contribution < -0.4 is 0 Å². The van der Waals surface area contributed by atoms with Crippen LogP contribution in [0.15, 0.2) is 28.5 Å². The fourth-order valence-electron chi connectivity index (χ4n) is 1.16. The van der Waals surface area contributed by atoms with E-state index in [2.05, 4.69) is 4.98 Å². The standard InChI is InChI=1S/C9H9NO2S/c1-6-9(13-5-10-6)8(11)7-2-3-12-4-7/h2-5,8,11H,1H3.